The number of nitrogens with zero attached hydrogens (tertiary/aromatic N) is 8. The van der Waals surface area contributed by atoms with Crippen LogP contribution in [-0.2, 0) is 26.2 Å². The summed E-state index contributed by atoms with van der Waals surface area (Å²) < 4.78 is 7.32. The fourth-order valence-corrected chi connectivity index (χ4v) is 4.82. The van der Waals surface area contributed by atoms with Crippen LogP contribution in [-0.4, -0.2) is 50.0 Å². The molecule has 0 aliphatic carbocycles. The van der Waals surface area contributed by atoms with Gasteiger partial charge < -0.3 is 9.67 Å². The minimum absolute atomic E-state index is 0.152. The van der Waals surface area contributed by atoms with Gasteiger partial charge in [0.1, 0.15) is 12.2 Å². The first-order valence-electron chi connectivity index (χ1n) is 12.2. The molecule has 0 bridgehead atoms. The van der Waals surface area contributed by atoms with E-state index in [1.54, 1.807) is 44.4 Å². The van der Waals surface area contributed by atoms with Gasteiger partial charge in [-0.15, -0.1) is 5.10 Å². The van der Waals surface area contributed by atoms with E-state index in [1.807, 2.05) is 48.5 Å². The molecule has 0 aliphatic heterocycles. The number of carbonyl (C=O) groups is 1. The van der Waals surface area contributed by atoms with Gasteiger partial charge in [0.15, 0.2) is 0 Å². The molecule has 1 N–H and O–H groups in total. The van der Waals surface area contributed by atoms with E-state index in [2.05, 4.69) is 20.1 Å². The molecule has 6 aromatic rings. The number of imidazole rings is 2. The Hall–Kier alpha value is -5.06. The molecule has 3 heterocycles. The lowest BCUT2D eigenvalue weighted by atomic mass is 10.1. The van der Waals surface area contributed by atoms with Crippen LogP contribution in [0.5, 0.6) is 0 Å². The summed E-state index contributed by atoms with van der Waals surface area (Å²) in [6, 6.07) is 22.2. The molecular formula is C27H24N8O3. The molecule has 0 fully saturated rings. The van der Waals surface area contributed by atoms with Gasteiger partial charge >= 0.3 is 11.7 Å². The van der Waals surface area contributed by atoms with Crippen molar-refractivity contribution in [1.82, 2.24) is 38.9 Å². The van der Waals surface area contributed by atoms with Gasteiger partial charge in [-0.2, -0.15) is 0 Å². The number of para-hydroxylation sites is 4. The Labute approximate surface area is 216 Å². The third-order valence-corrected chi connectivity index (χ3v) is 6.66. The van der Waals surface area contributed by atoms with E-state index < -0.39 is 5.97 Å². The van der Waals surface area contributed by atoms with Crippen LogP contribution in [0.3, 0.4) is 0 Å². The number of carboxylic acids is 1. The van der Waals surface area contributed by atoms with E-state index in [0.29, 0.717) is 26.2 Å². The van der Waals surface area contributed by atoms with Gasteiger partial charge in [-0.05, 0) is 58.8 Å². The van der Waals surface area contributed by atoms with Crippen molar-refractivity contribution in [2.24, 2.45) is 0 Å². The average molecular weight is 509 g/mol. The Kier molecular flexibility index (Phi) is 6.00. The van der Waals surface area contributed by atoms with Crippen molar-refractivity contribution in [2.75, 3.05) is 0 Å². The smallest absolute Gasteiger partial charge is 0.335 e. The number of hydrogen-bond donors (Lipinski definition) is 1. The molecule has 0 aliphatic rings. The monoisotopic (exact) mass is 508 g/mol. The van der Waals surface area contributed by atoms with Crippen LogP contribution in [0.2, 0.25) is 0 Å². The van der Waals surface area contributed by atoms with Crippen molar-refractivity contribution in [3.8, 4) is 0 Å². The molecule has 190 valence electrons. The van der Waals surface area contributed by atoms with Crippen molar-refractivity contribution in [3.05, 3.63) is 107 Å². The van der Waals surface area contributed by atoms with E-state index >= 15 is 0 Å². The van der Waals surface area contributed by atoms with Gasteiger partial charge in [-0.3, -0.25) is 9.13 Å². The second-order valence-corrected chi connectivity index (χ2v) is 9.04. The molecule has 0 spiro atoms. The highest BCUT2D eigenvalue weighted by Crippen LogP contribution is 2.20. The Morgan fingerprint density at radius 3 is 2.16 bits per heavy atom. The van der Waals surface area contributed by atoms with Crippen LogP contribution in [0.1, 0.15) is 28.2 Å². The quantitative estimate of drug-likeness (QED) is 0.318. The molecule has 0 amide bonds. The fraction of sp³-hybridized carbons (Fsp3) is 0.185. The number of aromatic carboxylic acids is 1. The number of tetrazole rings is 1. The van der Waals surface area contributed by atoms with Crippen molar-refractivity contribution in [2.45, 2.75) is 32.6 Å². The minimum atomic E-state index is -0.980. The Balaban J connectivity index is 1.36. The molecule has 11 heteroatoms. The zero-order chi connectivity index (χ0) is 26.1. The minimum Gasteiger partial charge on any atom is -0.478 e. The predicted octanol–water partition coefficient (Wildman–Crippen LogP) is 3.02. The molecule has 3 aromatic carbocycles. The van der Waals surface area contributed by atoms with Crippen molar-refractivity contribution >= 4 is 28.0 Å². The largest absolute Gasteiger partial charge is 0.478 e. The number of benzene rings is 3. The van der Waals surface area contributed by atoms with Crippen molar-refractivity contribution in [1.29, 1.82) is 0 Å². The summed E-state index contributed by atoms with van der Waals surface area (Å²) in [6.45, 7) is 2.00. The lowest BCUT2D eigenvalue weighted by molar-refractivity contribution is 0.0697. The molecule has 3 aromatic heterocycles. The number of aryl methyl sites for hydroxylation is 2. The molecular weight excluding hydrogens is 484 g/mol. The lowest BCUT2D eigenvalue weighted by Crippen LogP contribution is -2.26. The molecule has 0 unspecified atom stereocenters. The lowest BCUT2D eigenvalue weighted by Gasteiger charge is -2.10. The number of carboxylic acid groups (broad SMARTS) is 1. The first-order chi connectivity index (χ1) is 18.6. The number of fused-ring (bicyclic) bond motifs is 2. The fourth-order valence-electron chi connectivity index (χ4n) is 4.82. The highest BCUT2D eigenvalue weighted by Gasteiger charge is 2.17. The third kappa shape index (κ3) is 4.34. The molecule has 0 saturated carbocycles. The highest BCUT2D eigenvalue weighted by molar-refractivity contribution is 5.87. The number of rotatable bonds is 9. The second kappa shape index (κ2) is 9.77. The summed E-state index contributed by atoms with van der Waals surface area (Å²) in [4.78, 5) is 29.8. The predicted molar refractivity (Wildman–Crippen MR) is 140 cm³/mol. The number of hydrogen-bond acceptors (Lipinski definition) is 6. The summed E-state index contributed by atoms with van der Waals surface area (Å²) in [5.74, 6) is -0.190. The van der Waals surface area contributed by atoms with E-state index in [9.17, 15) is 14.7 Å². The van der Waals surface area contributed by atoms with Crippen LogP contribution < -0.4 is 5.69 Å². The molecule has 0 saturated heterocycles. The SMILES string of the molecule is O=C(O)c1ccc(Cn2c(=O)n(Cc3nc4ccccc4n3CCCn3cnnn3)c3ccccc32)cc1. The maximum atomic E-state index is 13.7. The zero-order valence-electron chi connectivity index (χ0n) is 20.4. The molecule has 0 atom stereocenters. The summed E-state index contributed by atoms with van der Waals surface area (Å²) in [5.41, 5.74) is 4.40. The first kappa shape index (κ1) is 23.3. The van der Waals surface area contributed by atoms with Gasteiger partial charge in [0, 0.05) is 13.1 Å². The summed E-state index contributed by atoms with van der Waals surface area (Å²) in [6.07, 6.45) is 2.39. The van der Waals surface area contributed by atoms with Crippen LogP contribution in [0.15, 0.2) is 83.9 Å². The third-order valence-electron chi connectivity index (χ3n) is 6.66. The Morgan fingerprint density at radius 2 is 1.47 bits per heavy atom. The van der Waals surface area contributed by atoms with Gasteiger partial charge in [-0.1, -0.05) is 36.4 Å². The molecule has 0 radical (unpaired) electrons. The average Bonchev–Trinajstić information content (AvgIpc) is 3.64. The number of aromatic nitrogens is 8. The summed E-state index contributed by atoms with van der Waals surface area (Å²) in [5, 5.41) is 20.5. The van der Waals surface area contributed by atoms with Crippen LogP contribution in [0, 0.1) is 0 Å². The second-order valence-electron chi connectivity index (χ2n) is 9.04. The van der Waals surface area contributed by atoms with E-state index in [1.165, 1.54) is 0 Å². The standard InChI is InChI=1S/C27H24N8O3/c36-26(37)20-12-10-19(11-13-20)16-34-23-8-3-4-9-24(23)35(27(34)38)17-25-29-21-6-1-2-7-22(21)33(25)15-5-14-32-18-28-30-31-32/h1-4,6-13,18H,5,14-17H2,(H,36,37). The highest BCUT2D eigenvalue weighted by atomic mass is 16.4. The molecule has 6 rings (SSSR count). The van der Waals surface area contributed by atoms with Crippen LogP contribution in [0.25, 0.3) is 22.1 Å². The van der Waals surface area contributed by atoms with Crippen LogP contribution in [0.4, 0.5) is 0 Å². The van der Waals surface area contributed by atoms with Gasteiger partial charge in [0.25, 0.3) is 0 Å². The van der Waals surface area contributed by atoms with Gasteiger partial charge in [0.05, 0.1) is 40.7 Å². The van der Waals surface area contributed by atoms with Crippen LogP contribution >= 0.6 is 0 Å². The van der Waals surface area contributed by atoms with E-state index in [4.69, 9.17) is 4.98 Å². The molecule has 38 heavy (non-hydrogen) atoms. The van der Waals surface area contributed by atoms with Gasteiger partial charge in [0.2, 0.25) is 0 Å². The van der Waals surface area contributed by atoms with E-state index in [-0.39, 0.29) is 11.3 Å². The first-order valence-corrected chi connectivity index (χ1v) is 12.2. The summed E-state index contributed by atoms with van der Waals surface area (Å²) >= 11 is 0. The van der Waals surface area contributed by atoms with E-state index in [0.717, 1.165) is 39.9 Å². The topological polar surface area (TPSA) is 126 Å². The Bertz CT molecular complexity index is 1800. The maximum Gasteiger partial charge on any atom is 0.335 e. The van der Waals surface area contributed by atoms with Crippen molar-refractivity contribution in [3.63, 3.8) is 0 Å². The van der Waals surface area contributed by atoms with Crippen molar-refractivity contribution < 1.29 is 9.90 Å². The Morgan fingerprint density at radius 1 is 0.789 bits per heavy atom. The maximum absolute atomic E-state index is 13.7. The zero-order valence-corrected chi connectivity index (χ0v) is 20.4. The molecule has 11 nitrogen and oxygen atoms in total. The summed E-state index contributed by atoms with van der Waals surface area (Å²) in [7, 11) is 0. The van der Waals surface area contributed by atoms with Gasteiger partial charge in [-0.25, -0.2) is 19.3 Å². The normalized spacial score (nSPS) is 11.5.